The average molecular weight is 299 g/mol. The van der Waals surface area contributed by atoms with Gasteiger partial charge in [0.2, 0.25) is 10.0 Å². The summed E-state index contributed by atoms with van der Waals surface area (Å²) in [5.74, 6) is 0. The van der Waals surface area contributed by atoms with Gasteiger partial charge in [0, 0.05) is 12.6 Å². The van der Waals surface area contributed by atoms with E-state index < -0.39 is 16.1 Å². The smallest absolute Gasteiger partial charge is 0.243 e. The molecule has 0 aliphatic carbocycles. The summed E-state index contributed by atoms with van der Waals surface area (Å²) in [4.78, 5) is 0.177. The van der Waals surface area contributed by atoms with Crippen LogP contribution in [0.25, 0.3) is 0 Å². The van der Waals surface area contributed by atoms with Crippen molar-refractivity contribution in [2.45, 2.75) is 43.2 Å². The van der Waals surface area contributed by atoms with E-state index in [1.54, 1.807) is 19.1 Å². The number of nitrogens with zero attached hydrogens (tertiary/aromatic N) is 1. The van der Waals surface area contributed by atoms with E-state index >= 15 is 0 Å². The molecule has 0 bridgehead atoms. The van der Waals surface area contributed by atoms with Gasteiger partial charge in [-0.2, -0.15) is 4.31 Å². The lowest BCUT2D eigenvalue weighted by atomic mass is 10.1. The molecule has 0 aromatic heterocycles. The van der Waals surface area contributed by atoms with Gasteiger partial charge in [0.25, 0.3) is 0 Å². The van der Waals surface area contributed by atoms with Crippen molar-refractivity contribution in [2.75, 3.05) is 13.2 Å². The molecule has 1 fully saturated rings. The average Bonchev–Trinajstić information content (AvgIpc) is 2.47. The molecule has 1 saturated heterocycles. The van der Waals surface area contributed by atoms with Crippen LogP contribution >= 0.6 is 0 Å². The van der Waals surface area contributed by atoms with Gasteiger partial charge in [-0.1, -0.05) is 18.6 Å². The summed E-state index contributed by atoms with van der Waals surface area (Å²) in [6, 6.07) is 6.02. The summed E-state index contributed by atoms with van der Waals surface area (Å²) in [6.45, 7) is 1.88. The minimum atomic E-state index is -3.62. The van der Waals surface area contributed by atoms with Crippen LogP contribution in [0.2, 0.25) is 0 Å². The minimum Gasteiger partial charge on any atom is -0.395 e. The van der Waals surface area contributed by atoms with Crippen molar-refractivity contribution in [3.8, 4) is 0 Å². The fourth-order valence-electron chi connectivity index (χ4n) is 2.54. The number of benzene rings is 1. The molecule has 1 aromatic carbocycles. The highest BCUT2D eigenvalue weighted by Gasteiger charge is 2.33. The molecule has 5 nitrogen and oxygen atoms in total. The van der Waals surface area contributed by atoms with E-state index in [9.17, 15) is 18.6 Å². The summed E-state index contributed by atoms with van der Waals surface area (Å²) >= 11 is 0. The van der Waals surface area contributed by atoms with Crippen LogP contribution in [-0.2, 0) is 10.0 Å². The molecule has 0 amide bonds. The lowest BCUT2D eigenvalue weighted by Crippen LogP contribution is -2.45. The fourth-order valence-corrected chi connectivity index (χ4v) is 4.28. The molecule has 2 rings (SSSR count). The topological polar surface area (TPSA) is 77.8 Å². The standard InChI is InChI=1S/C14H21NO4S/c1-11(17)12-5-4-7-14(9-12)20(18,19)15-8-3-2-6-13(15)10-16/h4-5,7,9,11,13,16-17H,2-3,6,8,10H2,1H3. The number of hydrogen-bond donors (Lipinski definition) is 2. The lowest BCUT2D eigenvalue weighted by molar-refractivity contribution is 0.155. The van der Waals surface area contributed by atoms with Gasteiger partial charge in [0.15, 0.2) is 0 Å². The molecular weight excluding hydrogens is 278 g/mol. The first-order valence-electron chi connectivity index (χ1n) is 6.87. The number of sulfonamides is 1. The monoisotopic (exact) mass is 299 g/mol. The second kappa shape index (κ2) is 6.22. The van der Waals surface area contributed by atoms with E-state index in [0.717, 1.165) is 12.8 Å². The van der Waals surface area contributed by atoms with Crippen molar-refractivity contribution in [2.24, 2.45) is 0 Å². The third kappa shape index (κ3) is 3.03. The van der Waals surface area contributed by atoms with Crippen LogP contribution in [0.15, 0.2) is 29.2 Å². The molecule has 1 aliphatic heterocycles. The molecule has 20 heavy (non-hydrogen) atoms. The molecule has 6 heteroatoms. The first-order valence-corrected chi connectivity index (χ1v) is 8.31. The number of piperidine rings is 1. The van der Waals surface area contributed by atoms with E-state index in [-0.39, 0.29) is 17.5 Å². The van der Waals surface area contributed by atoms with E-state index in [2.05, 4.69) is 0 Å². The zero-order valence-electron chi connectivity index (χ0n) is 11.6. The van der Waals surface area contributed by atoms with Gasteiger partial charge >= 0.3 is 0 Å². The van der Waals surface area contributed by atoms with Crippen molar-refractivity contribution in [3.63, 3.8) is 0 Å². The molecule has 2 atom stereocenters. The molecular formula is C14H21NO4S. The predicted octanol–water partition coefficient (Wildman–Crippen LogP) is 1.28. The van der Waals surface area contributed by atoms with E-state index in [4.69, 9.17) is 0 Å². The van der Waals surface area contributed by atoms with Gasteiger partial charge in [-0.25, -0.2) is 8.42 Å². The van der Waals surface area contributed by atoms with Crippen molar-refractivity contribution in [3.05, 3.63) is 29.8 Å². The van der Waals surface area contributed by atoms with Gasteiger partial charge in [0.1, 0.15) is 0 Å². The van der Waals surface area contributed by atoms with Gasteiger partial charge in [-0.15, -0.1) is 0 Å². The summed E-state index contributed by atoms with van der Waals surface area (Å²) < 4.78 is 26.7. The first-order chi connectivity index (χ1) is 9.46. The molecule has 1 aliphatic rings. The third-order valence-electron chi connectivity index (χ3n) is 3.73. The van der Waals surface area contributed by atoms with Crippen LogP contribution in [0.3, 0.4) is 0 Å². The van der Waals surface area contributed by atoms with Crippen molar-refractivity contribution >= 4 is 10.0 Å². The molecule has 2 unspecified atom stereocenters. The molecule has 0 spiro atoms. The second-order valence-corrected chi connectivity index (χ2v) is 7.09. The van der Waals surface area contributed by atoms with Gasteiger partial charge in [0.05, 0.1) is 17.6 Å². The maximum atomic E-state index is 12.7. The van der Waals surface area contributed by atoms with Crippen LogP contribution in [0.4, 0.5) is 0 Å². The Bertz CT molecular complexity index is 556. The highest BCUT2D eigenvalue weighted by Crippen LogP contribution is 2.26. The number of aliphatic hydroxyl groups excluding tert-OH is 2. The van der Waals surface area contributed by atoms with Gasteiger partial charge < -0.3 is 10.2 Å². The minimum absolute atomic E-state index is 0.157. The predicted molar refractivity (Wildman–Crippen MR) is 75.7 cm³/mol. The van der Waals surface area contributed by atoms with Crippen LogP contribution in [0, 0.1) is 0 Å². The Balaban J connectivity index is 2.36. The highest BCUT2D eigenvalue weighted by atomic mass is 32.2. The zero-order chi connectivity index (χ0) is 14.8. The Hall–Kier alpha value is -0.950. The SMILES string of the molecule is CC(O)c1cccc(S(=O)(=O)N2CCCCC2CO)c1. The molecule has 0 saturated carbocycles. The fraction of sp³-hybridized carbons (Fsp3) is 0.571. The Morgan fingerprint density at radius 2 is 2.15 bits per heavy atom. The van der Waals surface area contributed by atoms with Crippen molar-refractivity contribution in [1.82, 2.24) is 4.31 Å². The Kier molecular flexibility index (Phi) is 4.80. The third-order valence-corrected chi connectivity index (χ3v) is 5.68. The quantitative estimate of drug-likeness (QED) is 0.878. The van der Waals surface area contributed by atoms with Crippen LogP contribution < -0.4 is 0 Å². The molecule has 1 heterocycles. The van der Waals surface area contributed by atoms with E-state index in [0.29, 0.717) is 18.5 Å². The summed E-state index contributed by atoms with van der Waals surface area (Å²) in [5, 5.41) is 18.9. The Morgan fingerprint density at radius 1 is 1.40 bits per heavy atom. The van der Waals surface area contributed by atoms with E-state index in [1.165, 1.54) is 16.4 Å². The number of aliphatic hydroxyl groups is 2. The number of rotatable bonds is 4. The highest BCUT2D eigenvalue weighted by molar-refractivity contribution is 7.89. The Morgan fingerprint density at radius 3 is 2.80 bits per heavy atom. The number of hydrogen-bond acceptors (Lipinski definition) is 4. The van der Waals surface area contributed by atoms with Crippen molar-refractivity contribution < 1.29 is 18.6 Å². The Labute approximate surface area is 119 Å². The van der Waals surface area contributed by atoms with Gasteiger partial charge in [-0.3, -0.25) is 0 Å². The largest absolute Gasteiger partial charge is 0.395 e. The summed E-state index contributed by atoms with van der Waals surface area (Å²) in [5.41, 5.74) is 0.573. The maximum absolute atomic E-state index is 12.7. The van der Waals surface area contributed by atoms with E-state index in [1.807, 2.05) is 0 Å². The maximum Gasteiger partial charge on any atom is 0.243 e. The molecule has 2 N–H and O–H groups in total. The summed E-state index contributed by atoms with van der Waals surface area (Å²) in [7, 11) is -3.62. The van der Waals surface area contributed by atoms with Crippen LogP contribution in [-0.4, -0.2) is 42.1 Å². The summed E-state index contributed by atoms with van der Waals surface area (Å²) in [6.07, 6.45) is 1.72. The molecule has 112 valence electrons. The van der Waals surface area contributed by atoms with Crippen molar-refractivity contribution in [1.29, 1.82) is 0 Å². The normalized spacial score (nSPS) is 22.6. The van der Waals surface area contributed by atoms with Crippen LogP contribution in [0.5, 0.6) is 0 Å². The zero-order valence-corrected chi connectivity index (χ0v) is 12.4. The van der Waals surface area contributed by atoms with Crippen LogP contribution in [0.1, 0.15) is 37.9 Å². The molecule has 1 aromatic rings. The second-order valence-electron chi connectivity index (χ2n) is 5.20. The molecule has 0 radical (unpaired) electrons. The first kappa shape index (κ1) is 15.4. The lowest BCUT2D eigenvalue weighted by Gasteiger charge is -2.33. The van der Waals surface area contributed by atoms with Gasteiger partial charge in [-0.05, 0) is 37.5 Å².